The molecule has 0 bridgehead atoms. The Morgan fingerprint density at radius 3 is 2.45 bits per heavy atom. The van der Waals surface area contributed by atoms with Crippen LogP contribution in [0, 0.1) is 0 Å². The lowest BCUT2D eigenvalue weighted by Gasteiger charge is -2.15. The first-order chi connectivity index (χ1) is 9.90. The van der Waals surface area contributed by atoms with Crippen molar-refractivity contribution in [2.24, 2.45) is 0 Å². The van der Waals surface area contributed by atoms with Gasteiger partial charge in [0.15, 0.2) is 0 Å². The van der Waals surface area contributed by atoms with E-state index < -0.39 is 0 Å². The molecule has 0 unspecified atom stereocenters. The minimum absolute atomic E-state index is 0.484. The number of rotatable bonds is 2. The second-order valence-corrected chi connectivity index (χ2v) is 5.39. The quantitative estimate of drug-likeness (QED) is 0.757. The maximum Gasteiger partial charge on any atom is 0.0722 e. The van der Waals surface area contributed by atoms with Gasteiger partial charge in [0.1, 0.15) is 0 Å². The van der Waals surface area contributed by atoms with E-state index in [1.54, 1.807) is 0 Å². The van der Waals surface area contributed by atoms with Crippen LogP contribution in [0.1, 0.15) is 11.1 Å². The first kappa shape index (κ1) is 11.5. The van der Waals surface area contributed by atoms with E-state index in [0.29, 0.717) is 6.04 Å². The lowest BCUT2D eigenvalue weighted by atomic mass is 10.1. The molecule has 3 aromatic rings. The average Bonchev–Trinajstić information content (AvgIpc) is 2.90. The van der Waals surface area contributed by atoms with E-state index in [2.05, 4.69) is 58.8 Å². The second-order valence-electron chi connectivity index (χ2n) is 5.39. The highest BCUT2D eigenvalue weighted by molar-refractivity contribution is 5.91. The van der Waals surface area contributed by atoms with Gasteiger partial charge < -0.3 is 5.32 Å². The number of nitrogens with zero attached hydrogens (tertiary/aromatic N) is 1. The van der Waals surface area contributed by atoms with Crippen LogP contribution in [0.2, 0.25) is 0 Å². The highest BCUT2D eigenvalue weighted by Gasteiger charge is 2.20. The Labute approximate surface area is 118 Å². The fraction of sp³-hybridized carbons (Fsp3) is 0.167. The molecule has 98 valence electrons. The van der Waals surface area contributed by atoms with Crippen LogP contribution >= 0.6 is 0 Å². The summed E-state index contributed by atoms with van der Waals surface area (Å²) in [5.41, 5.74) is 5.19. The van der Waals surface area contributed by atoms with Gasteiger partial charge in [-0.2, -0.15) is 0 Å². The number of benzene rings is 2. The second kappa shape index (κ2) is 4.64. The van der Waals surface area contributed by atoms with Crippen LogP contribution in [0.5, 0.6) is 0 Å². The van der Waals surface area contributed by atoms with E-state index >= 15 is 0 Å². The first-order valence-corrected chi connectivity index (χ1v) is 7.07. The Kier molecular flexibility index (Phi) is 2.66. The summed E-state index contributed by atoms with van der Waals surface area (Å²) in [7, 11) is 0. The fourth-order valence-electron chi connectivity index (χ4n) is 3.11. The number of fused-ring (bicyclic) bond motifs is 2. The summed E-state index contributed by atoms with van der Waals surface area (Å²) in [5, 5.41) is 4.89. The molecular weight excluding hydrogens is 244 g/mol. The van der Waals surface area contributed by atoms with Gasteiger partial charge >= 0.3 is 0 Å². The molecule has 0 radical (unpaired) electrons. The summed E-state index contributed by atoms with van der Waals surface area (Å²) in [5.74, 6) is 0. The van der Waals surface area contributed by atoms with Crippen molar-refractivity contribution in [2.45, 2.75) is 18.9 Å². The number of hydrogen-bond donors (Lipinski definition) is 1. The lowest BCUT2D eigenvalue weighted by molar-refractivity contribution is 0.775. The highest BCUT2D eigenvalue weighted by Crippen LogP contribution is 2.27. The molecule has 2 aromatic carbocycles. The van der Waals surface area contributed by atoms with Crippen LogP contribution in [-0.2, 0) is 12.8 Å². The van der Waals surface area contributed by atoms with Crippen LogP contribution < -0.4 is 5.32 Å². The third-order valence-corrected chi connectivity index (χ3v) is 4.06. The zero-order chi connectivity index (χ0) is 13.4. The molecule has 1 aromatic heterocycles. The molecule has 0 atom stereocenters. The largest absolute Gasteiger partial charge is 0.381 e. The van der Waals surface area contributed by atoms with Gasteiger partial charge in [-0.1, -0.05) is 30.3 Å². The molecule has 0 spiro atoms. The van der Waals surface area contributed by atoms with Gasteiger partial charge in [-0.25, -0.2) is 0 Å². The molecule has 20 heavy (non-hydrogen) atoms. The van der Waals surface area contributed by atoms with E-state index in [4.69, 9.17) is 0 Å². The van der Waals surface area contributed by atoms with Crippen LogP contribution in [-0.4, -0.2) is 11.0 Å². The van der Waals surface area contributed by atoms with Gasteiger partial charge in [0.05, 0.1) is 5.52 Å². The smallest absolute Gasteiger partial charge is 0.0722 e. The normalized spacial score (nSPS) is 14.4. The summed E-state index contributed by atoms with van der Waals surface area (Å²) in [6, 6.07) is 19.6. The number of aromatic nitrogens is 1. The molecule has 2 heteroatoms. The molecule has 1 heterocycles. The zero-order valence-electron chi connectivity index (χ0n) is 11.2. The minimum Gasteiger partial charge on any atom is -0.381 e. The Hall–Kier alpha value is -2.35. The SMILES string of the molecule is c1ccc2c(c1)CC(Nc1cccc3ncccc13)C2. The molecule has 0 saturated carbocycles. The Morgan fingerprint density at radius 2 is 1.65 bits per heavy atom. The van der Waals surface area contributed by atoms with Crippen molar-refractivity contribution < 1.29 is 0 Å². The van der Waals surface area contributed by atoms with E-state index in [9.17, 15) is 0 Å². The van der Waals surface area contributed by atoms with E-state index in [1.165, 1.54) is 22.2 Å². The van der Waals surface area contributed by atoms with E-state index in [0.717, 1.165) is 18.4 Å². The fourth-order valence-corrected chi connectivity index (χ4v) is 3.11. The standard InChI is InChI=1S/C18H16N2/c1-2-6-14-12-15(11-13(14)5-1)20-18-9-3-8-17-16(18)7-4-10-19-17/h1-10,15,20H,11-12H2. The van der Waals surface area contributed by atoms with Gasteiger partial charge in [0, 0.05) is 23.3 Å². The molecule has 4 rings (SSSR count). The monoisotopic (exact) mass is 260 g/mol. The molecular formula is C18H16N2. The number of pyridine rings is 1. The minimum atomic E-state index is 0.484. The topological polar surface area (TPSA) is 24.9 Å². The predicted molar refractivity (Wildman–Crippen MR) is 83.0 cm³/mol. The van der Waals surface area contributed by atoms with Gasteiger partial charge in [-0.05, 0) is 48.2 Å². The summed E-state index contributed by atoms with van der Waals surface area (Å²) >= 11 is 0. The molecule has 0 aliphatic heterocycles. The first-order valence-electron chi connectivity index (χ1n) is 7.07. The van der Waals surface area contributed by atoms with Gasteiger partial charge in [-0.15, -0.1) is 0 Å². The summed E-state index contributed by atoms with van der Waals surface area (Å²) in [6.45, 7) is 0. The van der Waals surface area contributed by atoms with Crippen molar-refractivity contribution in [1.29, 1.82) is 0 Å². The van der Waals surface area contributed by atoms with Gasteiger partial charge in [0.2, 0.25) is 0 Å². The van der Waals surface area contributed by atoms with Crippen molar-refractivity contribution in [3.63, 3.8) is 0 Å². The summed E-state index contributed by atoms with van der Waals surface area (Å²) in [4.78, 5) is 4.42. The Balaban J connectivity index is 1.64. The van der Waals surface area contributed by atoms with E-state index in [1.807, 2.05) is 12.3 Å². The third kappa shape index (κ3) is 1.94. The maximum absolute atomic E-state index is 4.42. The molecule has 1 N–H and O–H groups in total. The summed E-state index contributed by atoms with van der Waals surface area (Å²) in [6.07, 6.45) is 4.05. The van der Waals surface area contributed by atoms with Gasteiger partial charge in [0.25, 0.3) is 0 Å². The number of nitrogens with one attached hydrogen (secondary N) is 1. The number of hydrogen-bond acceptors (Lipinski definition) is 2. The molecule has 1 aliphatic rings. The van der Waals surface area contributed by atoms with Crippen LogP contribution in [0.25, 0.3) is 10.9 Å². The van der Waals surface area contributed by atoms with E-state index in [-0.39, 0.29) is 0 Å². The van der Waals surface area contributed by atoms with Gasteiger partial charge in [-0.3, -0.25) is 4.98 Å². The van der Waals surface area contributed by atoms with Crippen molar-refractivity contribution in [3.05, 3.63) is 71.9 Å². The molecule has 2 nitrogen and oxygen atoms in total. The maximum atomic E-state index is 4.42. The van der Waals surface area contributed by atoms with Crippen LogP contribution in [0.3, 0.4) is 0 Å². The lowest BCUT2D eigenvalue weighted by Crippen LogP contribution is -2.19. The van der Waals surface area contributed by atoms with Crippen LogP contribution in [0.4, 0.5) is 5.69 Å². The van der Waals surface area contributed by atoms with Crippen molar-refractivity contribution in [1.82, 2.24) is 4.98 Å². The average molecular weight is 260 g/mol. The number of anilines is 1. The van der Waals surface area contributed by atoms with Crippen LogP contribution in [0.15, 0.2) is 60.8 Å². The Morgan fingerprint density at radius 1 is 0.850 bits per heavy atom. The van der Waals surface area contributed by atoms with Crippen molar-refractivity contribution >= 4 is 16.6 Å². The van der Waals surface area contributed by atoms with Crippen molar-refractivity contribution in [2.75, 3.05) is 5.32 Å². The molecule has 1 aliphatic carbocycles. The Bertz CT molecular complexity index is 734. The zero-order valence-corrected chi connectivity index (χ0v) is 11.2. The third-order valence-electron chi connectivity index (χ3n) is 4.06. The molecule has 0 saturated heterocycles. The highest BCUT2D eigenvalue weighted by atomic mass is 14.9. The molecule has 0 amide bonds. The predicted octanol–water partition coefficient (Wildman–Crippen LogP) is 3.81. The van der Waals surface area contributed by atoms with Crippen molar-refractivity contribution in [3.8, 4) is 0 Å². The molecule has 0 fully saturated rings. The summed E-state index contributed by atoms with van der Waals surface area (Å²) < 4.78 is 0.